The van der Waals surface area contributed by atoms with Crippen LogP contribution in [0, 0.1) is 5.41 Å². The first kappa shape index (κ1) is 10.2. The monoisotopic (exact) mass is 183 g/mol. The number of morpholine rings is 1. The van der Waals surface area contributed by atoms with Gasteiger partial charge in [0.1, 0.15) is 11.4 Å². The van der Waals surface area contributed by atoms with Gasteiger partial charge in [0.2, 0.25) is 0 Å². The first-order chi connectivity index (χ1) is 6.08. The smallest absolute Gasteiger partial charge is 0.124 e. The fraction of sp³-hybridized carbons (Fsp3) is 0.778. The van der Waals surface area contributed by atoms with Gasteiger partial charge >= 0.3 is 0 Å². The highest BCUT2D eigenvalue weighted by molar-refractivity contribution is 5.88. The van der Waals surface area contributed by atoms with E-state index < -0.39 is 5.54 Å². The molecule has 1 aliphatic heterocycles. The van der Waals surface area contributed by atoms with Crippen molar-refractivity contribution < 1.29 is 4.74 Å². The van der Waals surface area contributed by atoms with Gasteiger partial charge in [-0.15, -0.1) is 0 Å². The zero-order valence-electron chi connectivity index (χ0n) is 8.34. The second kappa shape index (κ2) is 3.87. The van der Waals surface area contributed by atoms with Crippen LogP contribution in [0.15, 0.2) is 4.99 Å². The Kier molecular flexibility index (Phi) is 3.03. The van der Waals surface area contributed by atoms with E-state index in [0.29, 0.717) is 19.0 Å². The Morgan fingerprint density at radius 1 is 1.46 bits per heavy atom. The summed E-state index contributed by atoms with van der Waals surface area (Å²) in [4.78, 5) is 5.94. The Morgan fingerprint density at radius 3 is 2.46 bits per heavy atom. The molecule has 1 rings (SSSR count). The van der Waals surface area contributed by atoms with Crippen molar-refractivity contribution in [3.8, 4) is 0 Å². The second-order valence-corrected chi connectivity index (χ2v) is 3.67. The SMILES string of the molecule is C=NC(C)(C)C(=N)N1CCOCC1. The lowest BCUT2D eigenvalue weighted by Gasteiger charge is -2.34. The fourth-order valence-corrected chi connectivity index (χ4v) is 1.25. The Morgan fingerprint density at radius 2 is 2.00 bits per heavy atom. The Labute approximate surface area is 79.1 Å². The summed E-state index contributed by atoms with van der Waals surface area (Å²) < 4.78 is 5.21. The van der Waals surface area contributed by atoms with Crippen molar-refractivity contribution >= 4 is 12.6 Å². The highest BCUT2D eigenvalue weighted by Crippen LogP contribution is 2.13. The first-order valence-electron chi connectivity index (χ1n) is 4.47. The predicted molar refractivity (Wildman–Crippen MR) is 53.7 cm³/mol. The molecular weight excluding hydrogens is 166 g/mol. The molecule has 0 atom stereocenters. The van der Waals surface area contributed by atoms with E-state index in [2.05, 4.69) is 11.7 Å². The lowest BCUT2D eigenvalue weighted by molar-refractivity contribution is 0.0654. The van der Waals surface area contributed by atoms with Crippen molar-refractivity contribution in [2.24, 2.45) is 4.99 Å². The lowest BCUT2D eigenvalue weighted by atomic mass is 10.0. The van der Waals surface area contributed by atoms with Gasteiger partial charge in [-0.25, -0.2) is 0 Å². The van der Waals surface area contributed by atoms with Crippen molar-refractivity contribution in [2.75, 3.05) is 26.3 Å². The van der Waals surface area contributed by atoms with Crippen LogP contribution in [-0.2, 0) is 4.74 Å². The van der Waals surface area contributed by atoms with E-state index >= 15 is 0 Å². The molecule has 0 aromatic carbocycles. The van der Waals surface area contributed by atoms with Gasteiger partial charge in [-0.05, 0) is 20.6 Å². The highest BCUT2D eigenvalue weighted by atomic mass is 16.5. The van der Waals surface area contributed by atoms with Crippen LogP contribution in [0.25, 0.3) is 0 Å². The van der Waals surface area contributed by atoms with E-state index in [1.165, 1.54) is 0 Å². The summed E-state index contributed by atoms with van der Waals surface area (Å²) in [6.07, 6.45) is 0. The Bertz CT molecular complexity index is 207. The van der Waals surface area contributed by atoms with Gasteiger partial charge < -0.3 is 9.64 Å². The van der Waals surface area contributed by atoms with Gasteiger partial charge in [0.15, 0.2) is 0 Å². The summed E-state index contributed by atoms with van der Waals surface area (Å²) in [5.41, 5.74) is -0.475. The number of amidine groups is 1. The van der Waals surface area contributed by atoms with Gasteiger partial charge in [0.25, 0.3) is 0 Å². The minimum Gasteiger partial charge on any atom is -0.378 e. The lowest BCUT2D eigenvalue weighted by Crippen LogP contribution is -2.48. The molecule has 0 aliphatic carbocycles. The van der Waals surface area contributed by atoms with E-state index in [0.717, 1.165) is 13.1 Å². The van der Waals surface area contributed by atoms with Gasteiger partial charge in [-0.3, -0.25) is 10.4 Å². The highest BCUT2D eigenvalue weighted by Gasteiger charge is 2.27. The van der Waals surface area contributed by atoms with Crippen molar-refractivity contribution in [1.29, 1.82) is 5.41 Å². The fourth-order valence-electron chi connectivity index (χ4n) is 1.25. The number of nitrogens with one attached hydrogen (secondary N) is 1. The van der Waals surface area contributed by atoms with Crippen molar-refractivity contribution in [3.63, 3.8) is 0 Å². The van der Waals surface area contributed by atoms with Crippen molar-refractivity contribution in [3.05, 3.63) is 0 Å². The molecule has 0 spiro atoms. The molecular formula is C9H17N3O. The average Bonchev–Trinajstić information content (AvgIpc) is 2.18. The van der Waals surface area contributed by atoms with E-state index in [-0.39, 0.29) is 0 Å². The number of rotatable bonds is 2. The summed E-state index contributed by atoms with van der Waals surface area (Å²) in [5, 5.41) is 7.92. The van der Waals surface area contributed by atoms with Gasteiger partial charge in [-0.1, -0.05) is 0 Å². The predicted octanol–water partition coefficient (Wildman–Crippen LogP) is 0.775. The Balaban J connectivity index is 2.60. The molecule has 0 saturated carbocycles. The van der Waals surface area contributed by atoms with E-state index in [9.17, 15) is 0 Å². The zero-order chi connectivity index (χ0) is 9.90. The van der Waals surface area contributed by atoms with Crippen molar-refractivity contribution in [1.82, 2.24) is 4.90 Å². The molecule has 0 aromatic rings. The molecule has 4 heteroatoms. The molecule has 74 valence electrons. The van der Waals surface area contributed by atoms with Crippen LogP contribution in [0.1, 0.15) is 13.8 Å². The molecule has 0 amide bonds. The first-order valence-corrected chi connectivity index (χ1v) is 4.47. The standard InChI is InChI=1S/C9H17N3O/c1-9(2,11-3)8(10)12-4-6-13-7-5-12/h10H,3-7H2,1-2H3. The minimum absolute atomic E-state index is 0.475. The van der Waals surface area contributed by atoms with E-state index in [4.69, 9.17) is 10.1 Å². The third-order valence-corrected chi connectivity index (χ3v) is 2.30. The maximum absolute atomic E-state index is 7.92. The maximum Gasteiger partial charge on any atom is 0.124 e. The molecule has 1 heterocycles. The van der Waals surface area contributed by atoms with Gasteiger partial charge in [0.05, 0.1) is 13.2 Å². The Hall–Kier alpha value is -0.900. The van der Waals surface area contributed by atoms with E-state index in [1.807, 2.05) is 18.7 Å². The molecule has 0 radical (unpaired) electrons. The molecule has 1 saturated heterocycles. The molecule has 1 fully saturated rings. The minimum atomic E-state index is -0.475. The second-order valence-electron chi connectivity index (χ2n) is 3.67. The third kappa shape index (κ3) is 2.28. The maximum atomic E-state index is 7.92. The molecule has 0 unspecified atom stereocenters. The summed E-state index contributed by atoms with van der Waals surface area (Å²) >= 11 is 0. The van der Waals surface area contributed by atoms with E-state index in [1.54, 1.807) is 0 Å². The molecule has 0 aromatic heterocycles. The normalized spacial score (nSPS) is 18.5. The largest absolute Gasteiger partial charge is 0.378 e. The molecule has 1 N–H and O–H groups in total. The van der Waals surface area contributed by atoms with Crippen LogP contribution < -0.4 is 0 Å². The third-order valence-electron chi connectivity index (χ3n) is 2.30. The number of hydrogen-bond acceptors (Lipinski definition) is 3. The summed E-state index contributed by atoms with van der Waals surface area (Å²) in [6.45, 7) is 10.3. The van der Waals surface area contributed by atoms with Gasteiger partial charge in [0, 0.05) is 13.1 Å². The van der Waals surface area contributed by atoms with Crippen LogP contribution in [-0.4, -0.2) is 49.3 Å². The van der Waals surface area contributed by atoms with Crippen molar-refractivity contribution in [2.45, 2.75) is 19.4 Å². The van der Waals surface area contributed by atoms with Crippen LogP contribution >= 0.6 is 0 Å². The molecule has 4 nitrogen and oxygen atoms in total. The van der Waals surface area contributed by atoms with Crippen LogP contribution in [0.5, 0.6) is 0 Å². The molecule has 1 aliphatic rings. The zero-order valence-corrected chi connectivity index (χ0v) is 8.34. The topological polar surface area (TPSA) is 48.7 Å². The molecule has 0 bridgehead atoms. The molecule has 13 heavy (non-hydrogen) atoms. The quantitative estimate of drug-likeness (QED) is 0.508. The number of ether oxygens (including phenoxy) is 1. The summed E-state index contributed by atoms with van der Waals surface area (Å²) in [7, 11) is 0. The summed E-state index contributed by atoms with van der Waals surface area (Å²) in [5.74, 6) is 0.533. The van der Waals surface area contributed by atoms with Crippen LogP contribution in [0.4, 0.5) is 0 Å². The number of aliphatic imine (C=N–C) groups is 1. The number of nitrogens with zero attached hydrogens (tertiary/aromatic N) is 2. The summed E-state index contributed by atoms with van der Waals surface area (Å²) in [6, 6.07) is 0. The average molecular weight is 183 g/mol. The van der Waals surface area contributed by atoms with Crippen LogP contribution in [0.3, 0.4) is 0 Å². The van der Waals surface area contributed by atoms with Gasteiger partial charge in [-0.2, -0.15) is 0 Å². The number of hydrogen-bond donors (Lipinski definition) is 1. The van der Waals surface area contributed by atoms with Crippen LogP contribution in [0.2, 0.25) is 0 Å².